The standard InChI is InChI=1S/C18H30N2/c1-14(2)20(13-18-10-5-6-11-19-18)12-17-9-7-8-15(3)16(17)4/h7-9,14,18-19H,5-6,10-13H2,1-4H3. The van der Waals surface area contributed by atoms with E-state index < -0.39 is 0 Å². The molecule has 0 bridgehead atoms. The van der Waals surface area contributed by atoms with Crippen molar-refractivity contribution in [3.05, 3.63) is 34.9 Å². The first-order valence-corrected chi connectivity index (χ1v) is 8.10. The lowest BCUT2D eigenvalue weighted by Crippen LogP contribution is -2.45. The smallest absolute Gasteiger partial charge is 0.0239 e. The van der Waals surface area contributed by atoms with E-state index in [0.29, 0.717) is 12.1 Å². The van der Waals surface area contributed by atoms with Gasteiger partial charge in [-0.3, -0.25) is 4.90 Å². The summed E-state index contributed by atoms with van der Waals surface area (Å²) in [5, 5.41) is 3.67. The van der Waals surface area contributed by atoms with Gasteiger partial charge in [0.15, 0.2) is 0 Å². The van der Waals surface area contributed by atoms with Crippen molar-refractivity contribution in [2.45, 2.75) is 65.6 Å². The van der Waals surface area contributed by atoms with Crippen molar-refractivity contribution < 1.29 is 0 Å². The van der Waals surface area contributed by atoms with Gasteiger partial charge in [-0.25, -0.2) is 0 Å². The average Bonchev–Trinajstić information content (AvgIpc) is 2.44. The molecule has 0 spiro atoms. The van der Waals surface area contributed by atoms with Crippen LogP contribution in [0.1, 0.15) is 49.8 Å². The summed E-state index contributed by atoms with van der Waals surface area (Å²) in [5.41, 5.74) is 4.34. The monoisotopic (exact) mass is 274 g/mol. The number of hydrogen-bond acceptors (Lipinski definition) is 2. The van der Waals surface area contributed by atoms with E-state index in [0.717, 1.165) is 6.54 Å². The van der Waals surface area contributed by atoms with Crippen LogP contribution >= 0.6 is 0 Å². The highest BCUT2D eigenvalue weighted by molar-refractivity contribution is 5.33. The van der Waals surface area contributed by atoms with Gasteiger partial charge in [0.1, 0.15) is 0 Å². The molecule has 2 rings (SSSR count). The van der Waals surface area contributed by atoms with Crippen LogP contribution in [0.2, 0.25) is 0 Å². The second-order valence-corrected chi connectivity index (χ2v) is 6.53. The topological polar surface area (TPSA) is 15.3 Å². The predicted molar refractivity (Wildman–Crippen MR) is 87.1 cm³/mol. The summed E-state index contributed by atoms with van der Waals surface area (Å²) in [6.07, 6.45) is 4.05. The van der Waals surface area contributed by atoms with Crippen molar-refractivity contribution in [2.75, 3.05) is 13.1 Å². The molecule has 1 aromatic carbocycles. The van der Waals surface area contributed by atoms with Crippen molar-refractivity contribution in [2.24, 2.45) is 0 Å². The van der Waals surface area contributed by atoms with Gasteiger partial charge in [-0.15, -0.1) is 0 Å². The Labute approximate surface area is 124 Å². The third-order valence-corrected chi connectivity index (χ3v) is 4.69. The van der Waals surface area contributed by atoms with Gasteiger partial charge in [0.25, 0.3) is 0 Å². The quantitative estimate of drug-likeness (QED) is 0.881. The molecule has 0 aliphatic carbocycles. The van der Waals surface area contributed by atoms with E-state index >= 15 is 0 Å². The number of aryl methyl sites for hydroxylation is 1. The Balaban J connectivity index is 2.03. The SMILES string of the molecule is Cc1cccc(CN(CC2CCCCN2)C(C)C)c1C. The lowest BCUT2D eigenvalue weighted by Gasteiger charge is -2.33. The largest absolute Gasteiger partial charge is 0.313 e. The van der Waals surface area contributed by atoms with E-state index in [2.05, 4.69) is 56.1 Å². The molecule has 0 saturated carbocycles. The van der Waals surface area contributed by atoms with E-state index in [1.807, 2.05) is 0 Å². The fourth-order valence-corrected chi connectivity index (χ4v) is 3.02. The van der Waals surface area contributed by atoms with E-state index in [1.54, 1.807) is 0 Å². The molecule has 0 radical (unpaired) electrons. The Kier molecular flexibility index (Phi) is 5.62. The first-order chi connectivity index (χ1) is 9.58. The molecule has 1 heterocycles. The molecule has 0 amide bonds. The third-order valence-electron chi connectivity index (χ3n) is 4.69. The fourth-order valence-electron chi connectivity index (χ4n) is 3.02. The summed E-state index contributed by atoms with van der Waals surface area (Å²) in [6.45, 7) is 12.5. The van der Waals surface area contributed by atoms with Gasteiger partial charge in [0.05, 0.1) is 0 Å². The predicted octanol–water partition coefficient (Wildman–Crippen LogP) is 3.66. The van der Waals surface area contributed by atoms with E-state index in [-0.39, 0.29) is 0 Å². The van der Waals surface area contributed by atoms with E-state index in [9.17, 15) is 0 Å². The van der Waals surface area contributed by atoms with Crippen LogP contribution < -0.4 is 5.32 Å². The molecular weight excluding hydrogens is 244 g/mol. The highest BCUT2D eigenvalue weighted by Gasteiger charge is 2.19. The molecule has 1 fully saturated rings. The highest BCUT2D eigenvalue weighted by Crippen LogP contribution is 2.18. The average molecular weight is 274 g/mol. The molecule has 1 unspecified atom stereocenters. The molecule has 0 aromatic heterocycles. The number of rotatable bonds is 5. The van der Waals surface area contributed by atoms with Crippen molar-refractivity contribution in [3.63, 3.8) is 0 Å². The van der Waals surface area contributed by atoms with Crippen molar-refractivity contribution in [3.8, 4) is 0 Å². The summed E-state index contributed by atoms with van der Waals surface area (Å²) in [5.74, 6) is 0. The van der Waals surface area contributed by atoms with Crippen LogP contribution in [0.25, 0.3) is 0 Å². The van der Waals surface area contributed by atoms with Crippen LogP contribution in [-0.2, 0) is 6.54 Å². The summed E-state index contributed by atoms with van der Waals surface area (Å²) in [7, 11) is 0. The molecule has 1 aromatic rings. The van der Waals surface area contributed by atoms with E-state index in [4.69, 9.17) is 0 Å². The van der Waals surface area contributed by atoms with Gasteiger partial charge in [-0.2, -0.15) is 0 Å². The van der Waals surface area contributed by atoms with Crippen LogP contribution in [0.3, 0.4) is 0 Å². The minimum absolute atomic E-state index is 0.596. The van der Waals surface area contributed by atoms with Crippen molar-refractivity contribution >= 4 is 0 Å². The number of benzene rings is 1. The number of nitrogens with one attached hydrogen (secondary N) is 1. The van der Waals surface area contributed by atoms with Crippen LogP contribution in [0.4, 0.5) is 0 Å². The zero-order valence-electron chi connectivity index (χ0n) is 13.6. The number of hydrogen-bond donors (Lipinski definition) is 1. The van der Waals surface area contributed by atoms with E-state index in [1.165, 1.54) is 49.0 Å². The summed E-state index contributed by atoms with van der Waals surface area (Å²) < 4.78 is 0. The highest BCUT2D eigenvalue weighted by atomic mass is 15.2. The molecule has 1 atom stereocenters. The third kappa shape index (κ3) is 4.07. The van der Waals surface area contributed by atoms with Gasteiger partial charge in [-0.05, 0) is 63.8 Å². The van der Waals surface area contributed by atoms with Crippen LogP contribution in [0.15, 0.2) is 18.2 Å². The molecule has 1 aliphatic heterocycles. The minimum Gasteiger partial charge on any atom is -0.313 e. The lowest BCUT2D eigenvalue weighted by molar-refractivity contribution is 0.177. The molecule has 1 aliphatic rings. The van der Waals surface area contributed by atoms with Gasteiger partial charge < -0.3 is 5.32 Å². The zero-order valence-corrected chi connectivity index (χ0v) is 13.6. The first kappa shape index (κ1) is 15.5. The van der Waals surface area contributed by atoms with Gasteiger partial charge in [-0.1, -0.05) is 24.6 Å². The van der Waals surface area contributed by atoms with Crippen LogP contribution in [0.5, 0.6) is 0 Å². The lowest BCUT2D eigenvalue weighted by atomic mass is 10.0. The van der Waals surface area contributed by atoms with Gasteiger partial charge in [0.2, 0.25) is 0 Å². The Morgan fingerprint density at radius 3 is 2.70 bits per heavy atom. The van der Waals surface area contributed by atoms with Crippen molar-refractivity contribution in [1.29, 1.82) is 0 Å². The normalized spacial score (nSPS) is 19.8. The van der Waals surface area contributed by atoms with Crippen LogP contribution in [-0.4, -0.2) is 30.1 Å². The number of nitrogens with zero attached hydrogens (tertiary/aromatic N) is 1. The Bertz CT molecular complexity index is 419. The second-order valence-electron chi connectivity index (χ2n) is 6.53. The molecule has 2 heteroatoms. The van der Waals surface area contributed by atoms with Crippen molar-refractivity contribution in [1.82, 2.24) is 10.2 Å². The molecular formula is C18H30N2. The molecule has 20 heavy (non-hydrogen) atoms. The van der Waals surface area contributed by atoms with Gasteiger partial charge >= 0.3 is 0 Å². The summed E-state index contributed by atoms with van der Waals surface area (Å²) in [6, 6.07) is 7.96. The number of piperidine rings is 1. The maximum absolute atomic E-state index is 3.67. The molecule has 2 nitrogen and oxygen atoms in total. The second kappa shape index (κ2) is 7.24. The Morgan fingerprint density at radius 2 is 2.05 bits per heavy atom. The maximum atomic E-state index is 3.67. The van der Waals surface area contributed by atoms with Gasteiger partial charge in [0, 0.05) is 25.2 Å². The Hall–Kier alpha value is -0.860. The minimum atomic E-state index is 0.596. The summed E-state index contributed by atoms with van der Waals surface area (Å²) >= 11 is 0. The van der Waals surface area contributed by atoms with Crippen LogP contribution in [0, 0.1) is 13.8 Å². The summed E-state index contributed by atoms with van der Waals surface area (Å²) in [4.78, 5) is 2.62. The zero-order chi connectivity index (χ0) is 14.5. The molecule has 112 valence electrons. The Morgan fingerprint density at radius 1 is 1.25 bits per heavy atom. The molecule has 1 saturated heterocycles. The first-order valence-electron chi connectivity index (χ1n) is 8.10. The fraction of sp³-hybridized carbons (Fsp3) is 0.667. The molecule has 1 N–H and O–H groups in total. The maximum Gasteiger partial charge on any atom is 0.0239 e.